The van der Waals surface area contributed by atoms with E-state index < -0.39 is 5.91 Å². The summed E-state index contributed by atoms with van der Waals surface area (Å²) in [4.78, 5) is 25.4. The molecule has 1 saturated heterocycles. The Morgan fingerprint density at radius 1 is 1.39 bits per heavy atom. The van der Waals surface area contributed by atoms with Crippen LogP contribution in [-0.2, 0) is 9.59 Å². The van der Waals surface area contributed by atoms with Crippen LogP contribution < -0.4 is 11.1 Å². The lowest BCUT2D eigenvalue weighted by Crippen LogP contribution is -2.48. The van der Waals surface area contributed by atoms with E-state index in [0.29, 0.717) is 13.1 Å². The molecule has 1 atom stereocenters. The lowest BCUT2D eigenvalue weighted by molar-refractivity contribution is -0.144. The molecule has 5 nitrogen and oxygen atoms in total. The molecule has 1 rings (SSSR count). The van der Waals surface area contributed by atoms with Gasteiger partial charge in [-0.15, -0.1) is 0 Å². The second-order valence-electron chi connectivity index (χ2n) is 5.11. The second-order valence-corrected chi connectivity index (χ2v) is 5.11. The third-order valence-electron chi connectivity index (χ3n) is 3.79. The van der Waals surface area contributed by atoms with Crippen molar-refractivity contribution >= 4 is 11.8 Å². The molecule has 2 amide bonds. The van der Waals surface area contributed by atoms with E-state index in [2.05, 4.69) is 12.2 Å². The van der Waals surface area contributed by atoms with Gasteiger partial charge in [-0.2, -0.15) is 0 Å². The van der Waals surface area contributed by atoms with Crippen LogP contribution in [-0.4, -0.2) is 42.9 Å². The van der Waals surface area contributed by atoms with Crippen molar-refractivity contribution in [3.05, 3.63) is 0 Å². The minimum absolute atomic E-state index is 0.0422. The van der Waals surface area contributed by atoms with Gasteiger partial charge >= 0.3 is 0 Å². The fraction of sp³-hybridized carbons (Fsp3) is 0.846. The Kier molecular flexibility index (Phi) is 5.59. The highest BCUT2D eigenvalue weighted by Gasteiger charge is 2.42. The monoisotopic (exact) mass is 255 g/mol. The van der Waals surface area contributed by atoms with E-state index in [0.717, 1.165) is 32.2 Å². The topological polar surface area (TPSA) is 75.4 Å². The molecule has 1 aliphatic heterocycles. The molecule has 18 heavy (non-hydrogen) atoms. The number of amides is 2. The normalized spacial score (nSPS) is 23.0. The lowest BCUT2D eigenvalue weighted by atomic mass is 9.82. The average Bonchev–Trinajstić information content (AvgIpc) is 2.83. The van der Waals surface area contributed by atoms with Crippen molar-refractivity contribution in [2.24, 2.45) is 11.1 Å². The van der Waals surface area contributed by atoms with E-state index in [4.69, 9.17) is 5.73 Å². The fourth-order valence-electron chi connectivity index (χ4n) is 2.50. The molecule has 0 spiro atoms. The van der Waals surface area contributed by atoms with Crippen LogP contribution in [0.1, 0.15) is 39.5 Å². The van der Waals surface area contributed by atoms with Crippen molar-refractivity contribution in [2.75, 3.05) is 26.2 Å². The molecule has 1 unspecified atom stereocenters. The van der Waals surface area contributed by atoms with Crippen LogP contribution in [0.25, 0.3) is 0 Å². The van der Waals surface area contributed by atoms with Gasteiger partial charge < -0.3 is 16.0 Å². The van der Waals surface area contributed by atoms with Gasteiger partial charge in [-0.3, -0.25) is 9.59 Å². The van der Waals surface area contributed by atoms with Gasteiger partial charge in [-0.05, 0) is 25.8 Å². The summed E-state index contributed by atoms with van der Waals surface area (Å²) >= 11 is 0. The molecular weight excluding hydrogens is 230 g/mol. The summed E-state index contributed by atoms with van der Waals surface area (Å²) in [6, 6.07) is 0. The number of rotatable bonds is 7. The molecule has 0 bridgehead atoms. The molecule has 5 heteroatoms. The zero-order chi connectivity index (χ0) is 13.6. The summed E-state index contributed by atoms with van der Waals surface area (Å²) in [5.41, 5.74) is 4.91. The second kappa shape index (κ2) is 6.73. The molecule has 1 fully saturated rings. The van der Waals surface area contributed by atoms with Crippen molar-refractivity contribution in [1.29, 1.82) is 0 Å². The third kappa shape index (κ3) is 3.45. The smallest absolute Gasteiger partial charge is 0.237 e. The summed E-state index contributed by atoms with van der Waals surface area (Å²) in [5, 5.41) is 3.25. The molecule has 1 aliphatic rings. The number of hydrogen-bond acceptors (Lipinski definition) is 3. The quantitative estimate of drug-likeness (QED) is 0.695. The molecule has 0 aliphatic carbocycles. The Hall–Kier alpha value is -1.10. The van der Waals surface area contributed by atoms with Gasteiger partial charge in [0.2, 0.25) is 11.8 Å². The van der Waals surface area contributed by atoms with E-state index in [-0.39, 0.29) is 17.9 Å². The Morgan fingerprint density at radius 2 is 2.11 bits per heavy atom. The molecule has 3 N–H and O–H groups in total. The molecule has 104 valence electrons. The van der Waals surface area contributed by atoms with Crippen molar-refractivity contribution in [3.63, 3.8) is 0 Å². The predicted molar refractivity (Wildman–Crippen MR) is 70.9 cm³/mol. The average molecular weight is 255 g/mol. The first-order valence-electron chi connectivity index (χ1n) is 6.84. The van der Waals surface area contributed by atoms with E-state index >= 15 is 0 Å². The standard InChI is InChI=1S/C13H25N3O2/c1-3-5-8-16(9-11(14)17)12(18)13(4-2)6-7-15-10-13/h15H,3-10H2,1-2H3,(H2,14,17). The molecule has 0 aromatic carbocycles. The zero-order valence-corrected chi connectivity index (χ0v) is 11.5. The highest BCUT2D eigenvalue weighted by atomic mass is 16.2. The summed E-state index contributed by atoms with van der Waals surface area (Å²) in [5.74, 6) is -0.348. The van der Waals surface area contributed by atoms with Crippen LogP contribution >= 0.6 is 0 Å². The minimum Gasteiger partial charge on any atom is -0.368 e. The predicted octanol–water partition coefficient (Wildman–Crippen LogP) is 0.490. The molecule has 1 heterocycles. The van der Waals surface area contributed by atoms with Crippen molar-refractivity contribution in [3.8, 4) is 0 Å². The Balaban J connectivity index is 2.75. The molecule has 0 aromatic heterocycles. The van der Waals surface area contributed by atoms with Crippen LogP contribution in [0.5, 0.6) is 0 Å². The van der Waals surface area contributed by atoms with Gasteiger partial charge in [0, 0.05) is 13.1 Å². The third-order valence-corrected chi connectivity index (χ3v) is 3.79. The first-order chi connectivity index (χ1) is 8.55. The highest BCUT2D eigenvalue weighted by Crippen LogP contribution is 2.31. The van der Waals surface area contributed by atoms with E-state index in [1.165, 1.54) is 0 Å². The number of nitrogens with one attached hydrogen (secondary N) is 1. The number of nitrogens with zero attached hydrogens (tertiary/aromatic N) is 1. The van der Waals surface area contributed by atoms with Crippen LogP contribution in [0.15, 0.2) is 0 Å². The maximum absolute atomic E-state index is 12.6. The first kappa shape index (κ1) is 15.0. The number of nitrogens with two attached hydrogens (primary N) is 1. The SMILES string of the molecule is CCCCN(CC(N)=O)C(=O)C1(CC)CCNC1. The highest BCUT2D eigenvalue weighted by molar-refractivity contribution is 5.87. The first-order valence-corrected chi connectivity index (χ1v) is 6.84. The van der Waals surface area contributed by atoms with Gasteiger partial charge in [0.1, 0.15) is 0 Å². The van der Waals surface area contributed by atoms with Gasteiger partial charge in [-0.1, -0.05) is 20.3 Å². The van der Waals surface area contributed by atoms with Crippen LogP contribution in [0.2, 0.25) is 0 Å². The van der Waals surface area contributed by atoms with E-state index in [1.807, 2.05) is 6.92 Å². The zero-order valence-electron chi connectivity index (χ0n) is 11.5. The van der Waals surface area contributed by atoms with Crippen molar-refractivity contribution < 1.29 is 9.59 Å². The molecule has 0 saturated carbocycles. The van der Waals surface area contributed by atoms with Crippen molar-refractivity contribution in [2.45, 2.75) is 39.5 Å². The number of hydrogen-bond donors (Lipinski definition) is 2. The van der Waals surface area contributed by atoms with Crippen molar-refractivity contribution in [1.82, 2.24) is 10.2 Å². The fourth-order valence-corrected chi connectivity index (χ4v) is 2.50. The summed E-state index contributed by atoms with van der Waals surface area (Å²) in [7, 11) is 0. The van der Waals surface area contributed by atoms with Gasteiger partial charge in [0.25, 0.3) is 0 Å². The van der Waals surface area contributed by atoms with Crippen LogP contribution in [0, 0.1) is 5.41 Å². The lowest BCUT2D eigenvalue weighted by Gasteiger charge is -2.32. The molecular formula is C13H25N3O2. The number of carbonyl (C=O) groups excluding carboxylic acids is 2. The summed E-state index contributed by atoms with van der Waals surface area (Å²) < 4.78 is 0. The maximum atomic E-state index is 12.6. The molecule has 0 radical (unpaired) electrons. The van der Waals surface area contributed by atoms with E-state index in [9.17, 15) is 9.59 Å². The van der Waals surface area contributed by atoms with Gasteiger partial charge in [0.15, 0.2) is 0 Å². The molecule has 0 aromatic rings. The van der Waals surface area contributed by atoms with E-state index in [1.54, 1.807) is 4.90 Å². The minimum atomic E-state index is -0.434. The van der Waals surface area contributed by atoms with Gasteiger partial charge in [0.05, 0.1) is 12.0 Å². The Labute approximate surface area is 109 Å². The largest absolute Gasteiger partial charge is 0.368 e. The maximum Gasteiger partial charge on any atom is 0.237 e. The van der Waals surface area contributed by atoms with Crippen LogP contribution in [0.3, 0.4) is 0 Å². The Morgan fingerprint density at radius 3 is 2.56 bits per heavy atom. The van der Waals surface area contributed by atoms with Crippen LogP contribution in [0.4, 0.5) is 0 Å². The number of primary amides is 1. The number of carbonyl (C=O) groups is 2. The number of unbranched alkanes of at least 4 members (excludes halogenated alkanes) is 1. The summed E-state index contributed by atoms with van der Waals surface area (Å²) in [6.45, 7) is 6.36. The summed E-state index contributed by atoms with van der Waals surface area (Å²) in [6.07, 6.45) is 3.57. The van der Waals surface area contributed by atoms with Gasteiger partial charge in [-0.25, -0.2) is 0 Å². The Bertz CT molecular complexity index is 299.